The van der Waals surface area contributed by atoms with E-state index in [1.165, 1.54) is 18.4 Å². The number of ether oxygens (including phenoxy) is 4. The van der Waals surface area contributed by atoms with Crippen LogP contribution in [0.5, 0.6) is 17.2 Å². The lowest BCUT2D eigenvalue weighted by Crippen LogP contribution is -2.58. The van der Waals surface area contributed by atoms with Crippen molar-refractivity contribution in [3.8, 4) is 17.2 Å². The molecule has 6 rings (SSSR count). The second-order valence-electron chi connectivity index (χ2n) is 10.4. The minimum Gasteiger partial charge on any atom is -0.496 e. The maximum Gasteiger partial charge on any atom is 0.317 e. The Morgan fingerprint density at radius 2 is 1.90 bits per heavy atom. The van der Waals surface area contributed by atoms with E-state index in [2.05, 4.69) is 13.0 Å². The zero-order valence-corrected chi connectivity index (χ0v) is 24.3. The molecule has 0 saturated heterocycles. The van der Waals surface area contributed by atoms with Crippen molar-refractivity contribution in [3.63, 3.8) is 0 Å². The largest absolute Gasteiger partial charge is 0.496 e. The summed E-state index contributed by atoms with van der Waals surface area (Å²) < 4.78 is 25.2. The lowest BCUT2D eigenvalue weighted by molar-refractivity contribution is -0.158. The molecule has 2 bridgehead atoms. The third-order valence-corrected chi connectivity index (χ3v) is 8.86. The molecule has 0 fully saturated rings. The maximum atomic E-state index is 13.9. The summed E-state index contributed by atoms with van der Waals surface area (Å²) in [6.07, 6.45) is 1.83. The van der Waals surface area contributed by atoms with Gasteiger partial charge in [0.05, 0.1) is 24.8 Å². The first-order chi connectivity index (χ1) is 19.7. The normalized spacial score (nSPS) is 20.8. The Morgan fingerprint density at radius 3 is 2.68 bits per heavy atom. The summed E-state index contributed by atoms with van der Waals surface area (Å²) in [5.74, 6) is 0.816. The van der Waals surface area contributed by atoms with E-state index in [-0.39, 0.29) is 5.56 Å². The van der Waals surface area contributed by atoms with Crippen LogP contribution in [0.1, 0.15) is 40.8 Å². The summed E-state index contributed by atoms with van der Waals surface area (Å²) in [4.78, 5) is 32.2. The number of benzene rings is 3. The highest BCUT2D eigenvalue weighted by Crippen LogP contribution is 2.47. The summed E-state index contributed by atoms with van der Waals surface area (Å²) in [7, 11) is 2.96. The quantitative estimate of drug-likeness (QED) is 0.325. The monoisotopic (exact) mass is 570 g/mol. The highest BCUT2D eigenvalue weighted by atomic mass is 32.1. The van der Waals surface area contributed by atoms with Crippen LogP contribution in [0.25, 0.3) is 6.08 Å². The lowest BCUT2D eigenvalue weighted by atomic mass is 9.81. The van der Waals surface area contributed by atoms with Gasteiger partial charge in [-0.2, -0.15) is 0 Å². The summed E-state index contributed by atoms with van der Waals surface area (Å²) in [6.45, 7) is 6.16. The molecule has 9 heteroatoms. The number of methoxy groups -OCH3 is 2. The van der Waals surface area contributed by atoms with Crippen LogP contribution >= 0.6 is 11.3 Å². The topological polar surface area (TPSA) is 88.4 Å². The second kappa shape index (κ2) is 10.2. The van der Waals surface area contributed by atoms with Gasteiger partial charge in [-0.3, -0.25) is 14.2 Å². The van der Waals surface area contributed by atoms with Gasteiger partial charge in [-0.1, -0.05) is 47.7 Å². The predicted octanol–water partition coefficient (Wildman–Crippen LogP) is 4.06. The van der Waals surface area contributed by atoms with Gasteiger partial charge in [0.15, 0.2) is 4.80 Å². The van der Waals surface area contributed by atoms with Crippen LogP contribution in [0, 0.1) is 19.8 Å². The van der Waals surface area contributed by atoms with Crippen molar-refractivity contribution >= 4 is 23.4 Å². The minimum atomic E-state index is -1.21. The Hall–Kier alpha value is -4.37. The molecule has 0 N–H and O–H groups in total. The number of carbonyl (C=O) groups excluding carboxylic acids is 1. The first-order valence-electron chi connectivity index (χ1n) is 13.3. The van der Waals surface area contributed by atoms with E-state index in [9.17, 15) is 9.59 Å². The molecule has 0 amide bonds. The molecule has 0 spiro atoms. The number of para-hydroxylation sites is 1. The summed E-state index contributed by atoms with van der Waals surface area (Å²) in [5, 5.41) is 0. The number of hydrogen-bond acceptors (Lipinski definition) is 8. The van der Waals surface area contributed by atoms with Crippen molar-refractivity contribution in [1.29, 1.82) is 0 Å². The summed E-state index contributed by atoms with van der Waals surface area (Å²) in [5.41, 5.74) is 3.23. The van der Waals surface area contributed by atoms with Crippen molar-refractivity contribution in [3.05, 3.63) is 108 Å². The molecule has 0 aliphatic carbocycles. The molecule has 41 heavy (non-hydrogen) atoms. The number of aromatic nitrogens is 1. The fraction of sp³-hybridized carbons (Fsp3) is 0.281. The van der Waals surface area contributed by atoms with Crippen molar-refractivity contribution in [2.24, 2.45) is 10.9 Å². The number of rotatable bonds is 6. The van der Waals surface area contributed by atoms with Gasteiger partial charge in [-0.15, -0.1) is 0 Å². The number of aryl methyl sites for hydroxylation is 1. The van der Waals surface area contributed by atoms with Crippen LogP contribution in [-0.2, 0) is 16.1 Å². The molecule has 3 atom stereocenters. The van der Waals surface area contributed by atoms with Gasteiger partial charge in [0.2, 0.25) is 5.72 Å². The molecular weight excluding hydrogens is 540 g/mol. The molecule has 8 nitrogen and oxygen atoms in total. The molecule has 3 heterocycles. The van der Waals surface area contributed by atoms with Gasteiger partial charge >= 0.3 is 5.97 Å². The fourth-order valence-electron chi connectivity index (χ4n) is 5.62. The number of fused-ring (bicyclic) bond motifs is 6. The van der Waals surface area contributed by atoms with Crippen molar-refractivity contribution in [2.75, 3.05) is 14.2 Å². The zero-order chi connectivity index (χ0) is 28.9. The molecule has 0 radical (unpaired) electrons. The molecule has 2 aliphatic heterocycles. The SMILES string of the molecule is COC(=O)[C@@H]1[C@@H]2c3ccccc3O[C@]1(C)N=c1s/c(=C/c3ccc(OC)c(COc4cccc(C)c4C)c3)c(=O)n12. The van der Waals surface area contributed by atoms with Crippen LogP contribution in [-0.4, -0.2) is 30.5 Å². The third kappa shape index (κ3) is 4.50. The van der Waals surface area contributed by atoms with E-state index >= 15 is 0 Å². The predicted molar refractivity (Wildman–Crippen MR) is 155 cm³/mol. The molecule has 0 saturated carbocycles. The fourth-order valence-corrected chi connectivity index (χ4v) is 6.72. The minimum absolute atomic E-state index is 0.226. The number of esters is 1. The van der Waals surface area contributed by atoms with E-state index in [1.54, 1.807) is 18.6 Å². The standard InChI is InChI=1S/C32H30N2O6S/c1-18-9-8-12-23(19(18)2)39-17-21-15-20(13-14-24(21)37-4)16-26-29(35)34-28-22-10-6-7-11-25(22)40-32(3,33-31(34)41-26)27(28)30(36)38-5/h6-16,27-28H,17H2,1-5H3/b26-16+/t27-,28-,32-/m0/s1. The highest BCUT2D eigenvalue weighted by molar-refractivity contribution is 7.07. The van der Waals surface area contributed by atoms with Crippen molar-refractivity contribution < 1.29 is 23.7 Å². The first-order valence-corrected chi connectivity index (χ1v) is 14.1. The Morgan fingerprint density at radius 1 is 1.10 bits per heavy atom. The third-order valence-electron chi connectivity index (χ3n) is 7.88. The van der Waals surface area contributed by atoms with Crippen LogP contribution < -0.4 is 29.1 Å². The Labute approximate surface area is 241 Å². The molecule has 2 aliphatic rings. The van der Waals surface area contributed by atoms with Gasteiger partial charge in [0, 0.05) is 11.1 Å². The Balaban J connectivity index is 1.43. The summed E-state index contributed by atoms with van der Waals surface area (Å²) >= 11 is 1.27. The Kier molecular flexibility index (Phi) is 6.69. The van der Waals surface area contributed by atoms with E-state index in [0.29, 0.717) is 27.4 Å². The van der Waals surface area contributed by atoms with E-state index in [0.717, 1.165) is 33.6 Å². The average Bonchev–Trinajstić information content (AvgIpc) is 3.25. The van der Waals surface area contributed by atoms with Gasteiger partial charge < -0.3 is 18.9 Å². The molecule has 0 unspecified atom stereocenters. The molecular formula is C32H30N2O6S. The smallest absolute Gasteiger partial charge is 0.317 e. The maximum absolute atomic E-state index is 13.9. The zero-order valence-electron chi connectivity index (χ0n) is 23.5. The van der Waals surface area contributed by atoms with E-state index in [1.807, 2.05) is 67.6 Å². The molecule has 3 aromatic carbocycles. The van der Waals surface area contributed by atoms with Crippen LogP contribution in [0.4, 0.5) is 0 Å². The first kappa shape index (κ1) is 26.8. The summed E-state index contributed by atoms with van der Waals surface area (Å²) in [6, 6.07) is 18.5. The van der Waals surface area contributed by atoms with Crippen LogP contribution in [0.15, 0.2) is 70.5 Å². The highest BCUT2D eigenvalue weighted by Gasteiger charge is 2.55. The van der Waals surface area contributed by atoms with Crippen molar-refractivity contribution in [1.82, 2.24) is 4.57 Å². The average molecular weight is 571 g/mol. The van der Waals surface area contributed by atoms with E-state index in [4.69, 9.17) is 23.9 Å². The number of carbonyl (C=O) groups is 1. The molecule has 210 valence electrons. The van der Waals surface area contributed by atoms with Crippen molar-refractivity contribution in [2.45, 2.75) is 39.1 Å². The van der Waals surface area contributed by atoms with Gasteiger partial charge in [0.25, 0.3) is 5.56 Å². The van der Waals surface area contributed by atoms with Gasteiger partial charge in [0.1, 0.15) is 29.8 Å². The molecule has 1 aromatic heterocycles. The number of nitrogens with zero attached hydrogens (tertiary/aromatic N) is 2. The lowest BCUT2D eigenvalue weighted by Gasteiger charge is -2.44. The van der Waals surface area contributed by atoms with Crippen LogP contribution in [0.2, 0.25) is 0 Å². The van der Waals surface area contributed by atoms with Crippen LogP contribution in [0.3, 0.4) is 0 Å². The number of thiazole rings is 1. The van der Waals surface area contributed by atoms with Gasteiger partial charge in [-0.25, -0.2) is 4.99 Å². The Bertz CT molecular complexity index is 1860. The van der Waals surface area contributed by atoms with E-state index < -0.39 is 23.7 Å². The number of hydrogen-bond donors (Lipinski definition) is 0. The molecule has 4 aromatic rings. The van der Waals surface area contributed by atoms with Gasteiger partial charge in [-0.05, 0) is 67.8 Å². The second-order valence-corrected chi connectivity index (χ2v) is 11.4.